The molecule has 1 nitrogen and oxygen atoms in total. The Morgan fingerprint density at radius 1 is 0.800 bits per heavy atom. The predicted octanol–water partition coefficient (Wildman–Crippen LogP) is 4.78. The summed E-state index contributed by atoms with van der Waals surface area (Å²) in [4.78, 5) is 0. The molecule has 0 bridgehead atoms. The molecule has 2 aromatic rings. The van der Waals surface area contributed by atoms with E-state index >= 15 is 0 Å². The third kappa shape index (κ3) is 4.93. The minimum absolute atomic E-state index is 1.06. The van der Waals surface area contributed by atoms with Crippen LogP contribution >= 0.6 is 0 Å². The highest BCUT2D eigenvalue weighted by molar-refractivity contribution is 5.18. The van der Waals surface area contributed by atoms with Crippen molar-refractivity contribution in [3.05, 3.63) is 83.6 Å². The lowest BCUT2D eigenvalue weighted by Crippen LogP contribution is -1.94. The molecule has 0 aliphatic carbocycles. The molecule has 1 heteroatoms. The highest BCUT2D eigenvalue weighted by Crippen LogP contribution is 2.15. The van der Waals surface area contributed by atoms with Gasteiger partial charge in [0.25, 0.3) is 0 Å². The van der Waals surface area contributed by atoms with E-state index < -0.39 is 0 Å². The molecule has 0 saturated carbocycles. The molecular formula is C19H22O. The molecular weight excluding hydrogens is 244 g/mol. The molecule has 0 aliphatic rings. The standard InChI is InChI=1S/C19H22O/c1-20-16-19(14-12-17-8-4-2-5-9-17)15-13-18-10-6-3-7-11-18/h2-11,16H,12-15H2,1H3. The van der Waals surface area contributed by atoms with Crippen LogP contribution in [0.1, 0.15) is 24.0 Å². The normalized spacial score (nSPS) is 10.1. The van der Waals surface area contributed by atoms with Gasteiger partial charge < -0.3 is 4.74 Å². The lowest BCUT2D eigenvalue weighted by atomic mass is 9.99. The Bertz CT molecular complexity index is 468. The minimum Gasteiger partial charge on any atom is -0.504 e. The SMILES string of the molecule is COC=C(CCc1ccccc1)CCc1ccccc1. The van der Waals surface area contributed by atoms with Crippen LogP contribution in [0.15, 0.2) is 72.5 Å². The fraction of sp³-hybridized carbons (Fsp3) is 0.263. The molecule has 0 spiro atoms. The van der Waals surface area contributed by atoms with Crippen molar-refractivity contribution >= 4 is 0 Å². The van der Waals surface area contributed by atoms with Crippen LogP contribution in [-0.4, -0.2) is 7.11 Å². The number of hydrogen-bond acceptors (Lipinski definition) is 1. The topological polar surface area (TPSA) is 9.23 Å². The van der Waals surface area contributed by atoms with Crippen LogP contribution in [-0.2, 0) is 17.6 Å². The van der Waals surface area contributed by atoms with Crippen molar-refractivity contribution in [3.63, 3.8) is 0 Å². The molecule has 104 valence electrons. The van der Waals surface area contributed by atoms with E-state index in [2.05, 4.69) is 60.7 Å². The van der Waals surface area contributed by atoms with E-state index in [0.717, 1.165) is 25.7 Å². The lowest BCUT2D eigenvalue weighted by molar-refractivity contribution is 0.331. The first-order chi connectivity index (χ1) is 9.88. The van der Waals surface area contributed by atoms with Crippen LogP contribution in [0.2, 0.25) is 0 Å². The second kappa shape index (κ2) is 8.21. The van der Waals surface area contributed by atoms with Crippen LogP contribution in [0.25, 0.3) is 0 Å². The van der Waals surface area contributed by atoms with E-state index in [9.17, 15) is 0 Å². The molecule has 0 unspecified atom stereocenters. The number of benzene rings is 2. The summed E-state index contributed by atoms with van der Waals surface area (Å²) in [5, 5.41) is 0. The van der Waals surface area contributed by atoms with Crippen LogP contribution in [0.5, 0.6) is 0 Å². The van der Waals surface area contributed by atoms with Crippen molar-refractivity contribution in [2.24, 2.45) is 0 Å². The molecule has 2 rings (SSSR count). The van der Waals surface area contributed by atoms with Gasteiger partial charge in [0, 0.05) is 0 Å². The Kier molecular flexibility index (Phi) is 5.91. The Labute approximate surface area is 121 Å². The molecule has 20 heavy (non-hydrogen) atoms. The van der Waals surface area contributed by atoms with Crippen LogP contribution in [0.4, 0.5) is 0 Å². The first-order valence-corrected chi connectivity index (χ1v) is 7.17. The van der Waals surface area contributed by atoms with Crippen molar-refractivity contribution in [3.8, 4) is 0 Å². The zero-order valence-electron chi connectivity index (χ0n) is 12.1. The Morgan fingerprint density at radius 2 is 1.25 bits per heavy atom. The second-order valence-electron chi connectivity index (χ2n) is 4.98. The number of hydrogen-bond donors (Lipinski definition) is 0. The summed E-state index contributed by atoms with van der Waals surface area (Å²) in [6, 6.07) is 21.2. The molecule has 0 saturated heterocycles. The smallest absolute Gasteiger partial charge is 0.0816 e. The minimum atomic E-state index is 1.06. The molecule has 0 heterocycles. The number of rotatable bonds is 7. The molecule has 0 fully saturated rings. The maximum atomic E-state index is 5.22. The lowest BCUT2D eigenvalue weighted by Gasteiger charge is -2.08. The number of ether oxygens (including phenoxy) is 1. The van der Waals surface area contributed by atoms with Gasteiger partial charge >= 0.3 is 0 Å². The summed E-state index contributed by atoms with van der Waals surface area (Å²) in [5.41, 5.74) is 4.14. The van der Waals surface area contributed by atoms with Gasteiger partial charge in [-0.3, -0.25) is 0 Å². The largest absolute Gasteiger partial charge is 0.504 e. The van der Waals surface area contributed by atoms with Crippen molar-refractivity contribution < 1.29 is 4.74 Å². The van der Waals surface area contributed by atoms with E-state index in [1.54, 1.807) is 7.11 Å². The van der Waals surface area contributed by atoms with Gasteiger partial charge in [-0.1, -0.05) is 60.7 Å². The Balaban J connectivity index is 1.86. The first-order valence-electron chi connectivity index (χ1n) is 7.17. The Hall–Kier alpha value is -2.02. The summed E-state index contributed by atoms with van der Waals surface area (Å²) >= 11 is 0. The summed E-state index contributed by atoms with van der Waals surface area (Å²) in [7, 11) is 1.73. The zero-order chi connectivity index (χ0) is 14.0. The fourth-order valence-electron chi connectivity index (χ4n) is 2.31. The average Bonchev–Trinajstić information content (AvgIpc) is 2.52. The third-order valence-electron chi connectivity index (χ3n) is 3.44. The van der Waals surface area contributed by atoms with Crippen LogP contribution in [0, 0.1) is 0 Å². The summed E-state index contributed by atoms with van der Waals surface area (Å²) in [6.45, 7) is 0. The quantitative estimate of drug-likeness (QED) is 0.655. The zero-order valence-corrected chi connectivity index (χ0v) is 12.1. The van der Waals surface area contributed by atoms with Crippen molar-refractivity contribution in [1.29, 1.82) is 0 Å². The van der Waals surface area contributed by atoms with Crippen molar-refractivity contribution in [1.82, 2.24) is 0 Å². The van der Waals surface area contributed by atoms with Gasteiger partial charge in [-0.25, -0.2) is 0 Å². The van der Waals surface area contributed by atoms with Gasteiger partial charge in [-0.15, -0.1) is 0 Å². The molecule has 0 amide bonds. The number of allylic oxidation sites excluding steroid dienone is 1. The van der Waals surface area contributed by atoms with E-state index in [1.807, 2.05) is 6.26 Å². The maximum absolute atomic E-state index is 5.22. The average molecular weight is 266 g/mol. The first kappa shape index (κ1) is 14.4. The monoisotopic (exact) mass is 266 g/mol. The molecule has 0 radical (unpaired) electrons. The summed E-state index contributed by atoms with van der Waals surface area (Å²) in [6.07, 6.45) is 6.18. The van der Waals surface area contributed by atoms with Gasteiger partial charge in [0.05, 0.1) is 13.4 Å². The summed E-state index contributed by atoms with van der Waals surface area (Å²) in [5.74, 6) is 0. The highest BCUT2D eigenvalue weighted by Gasteiger charge is 2.01. The van der Waals surface area contributed by atoms with Gasteiger partial charge in [-0.2, -0.15) is 0 Å². The number of aryl methyl sites for hydroxylation is 2. The van der Waals surface area contributed by atoms with Crippen LogP contribution < -0.4 is 0 Å². The van der Waals surface area contributed by atoms with Gasteiger partial charge in [0.1, 0.15) is 0 Å². The predicted molar refractivity (Wildman–Crippen MR) is 84.6 cm³/mol. The van der Waals surface area contributed by atoms with Gasteiger partial charge in [0.15, 0.2) is 0 Å². The Morgan fingerprint density at radius 3 is 1.65 bits per heavy atom. The van der Waals surface area contributed by atoms with E-state index in [-0.39, 0.29) is 0 Å². The molecule has 0 atom stereocenters. The molecule has 0 N–H and O–H groups in total. The summed E-state index contributed by atoms with van der Waals surface area (Å²) < 4.78 is 5.22. The molecule has 0 aliphatic heterocycles. The molecule has 0 aromatic heterocycles. The van der Waals surface area contributed by atoms with E-state index in [0.29, 0.717) is 0 Å². The van der Waals surface area contributed by atoms with Crippen molar-refractivity contribution in [2.45, 2.75) is 25.7 Å². The van der Waals surface area contributed by atoms with Crippen LogP contribution in [0.3, 0.4) is 0 Å². The van der Waals surface area contributed by atoms with Gasteiger partial charge in [0.2, 0.25) is 0 Å². The molecule has 2 aromatic carbocycles. The fourth-order valence-corrected chi connectivity index (χ4v) is 2.31. The van der Waals surface area contributed by atoms with E-state index in [1.165, 1.54) is 16.7 Å². The second-order valence-corrected chi connectivity index (χ2v) is 4.98. The maximum Gasteiger partial charge on any atom is 0.0816 e. The number of methoxy groups -OCH3 is 1. The third-order valence-corrected chi connectivity index (χ3v) is 3.44. The van der Waals surface area contributed by atoms with Crippen molar-refractivity contribution in [2.75, 3.05) is 7.11 Å². The van der Waals surface area contributed by atoms with E-state index in [4.69, 9.17) is 4.74 Å². The highest BCUT2D eigenvalue weighted by atomic mass is 16.5. The van der Waals surface area contributed by atoms with Gasteiger partial charge in [-0.05, 0) is 42.4 Å².